The van der Waals surface area contributed by atoms with E-state index in [1.165, 1.54) is 12.1 Å². The van der Waals surface area contributed by atoms with Crippen molar-refractivity contribution in [3.63, 3.8) is 0 Å². The molecule has 1 spiro atoms. The molecule has 1 N–H and O–H groups in total. The van der Waals surface area contributed by atoms with E-state index >= 15 is 0 Å². The number of rotatable bonds is 2. The number of likely N-dealkylation sites (N-methyl/N-ethyl adjacent to an activating group) is 1. The average molecular weight is 420 g/mol. The van der Waals surface area contributed by atoms with Gasteiger partial charge in [-0.3, -0.25) is 4.79 Å². The number of piperidine rings is 1. The Labute approximate surface area is 166 Å². The molecule has 0 radical (unpaired) electrons. The predicted molar refractivity (Wildman–Crippen MR) is 96.0 cm³/mol. The van der Waals surface area contributed by atoms with Crippen LogP contribution in [0, 0.1) is 5.82 Å². The number of amides is 1. The summed E-state index contributed by atoms with van der Waals surface area (Å²) >= 11 is 0. The highest BCUT2D eigenvalue weighted by Crippen LogP contribution is 2.37. The van der Waals surface area contributed by atoms with E-state index in [4.69, 9.17) is 14.6 Å². The van der Waals surface area contributed by atoms with Crippen LogP contribution in [0.2, 0.25) is 0 Å². The van der Waals surface area contributed by atoms with E-state index in [0.717, 1.165) is 25.9 Å². The number of nitrogens with zero attached hydrogens (tertiary/aromatic N) is 2. The van der Waals surface area contributed by atoms with Gasteiger partial charge in [0.15, 0.2) is 0 Å². The second kappa shape index (κ2) is 9.08. The molecule has 1 aromatic rings. The zero-order chi connectivity index (χ0) is 21.8. The van der Waals surface area contributed by atoms with Crippen LogP contribution in [0.5, 0.6) is 0 Å². The summed E-state index contributed by atoms with van der Waals surface area (Å²) in [6, 6.07) is 6.24. The standard InChI is InChI=1S/C17H23FN2O2.C2HF3O2/c1-19(2)15-11-17(22-12-15)7-9-20(10-8-17)16(21)13-3-5-14(18)6-4-13;3-2(4,5)1(6)7/h3-6,15H,7-12H2,1-2H3;(H,6,7). The monoisotopic (exact) mass is 420 g/mol. The Morgan fingerprint density at radius 1 is 1.17 bits per heavy atom. The smallest absolute Gasteiger partial charge is 0.475 e. The number of likely N-dealkylation sites (tertiary alicyclic amines) is 1. The summed E-state index contributed by atoms with van der Waals surface area (Å²) in [6.07, 6.45) is -2.28. The van der Waals surface area contributed by atoms with E-state index in [1.807, 2.05) is 4.90 Å². The van der Waals surface area contributed by atoms with Crippen molar-refractivity contribution in [3.05, 3.63) is 35.6 Å². The molecule has 3 rings (SSSR count). The second-order valence-electron chi connectivity index (χ2n) is 7.42. The minimum atomic E-state index is -5.08. The number of benzene rings is 1. The molecule has 2 saturated heterocycles. The van der Waals surface area contributed by atoms with Crippen molar-refractivity contribution in [2.24, 2.45) is 0 Å². The Morgan fingerprint density at radius 2 is 1.69 bits per heavy atom. The minimum absolute atomic E-state index is 0.0167. The molecule has 2 aliphatic rings. The van der Waals surface area contributed by atoms with E-state index < -0.39 is 12.1 Å². The summed E-state index contributed by atoms with van der Waals surface area (Å²) in [5.74, 6) is -3.09. The fraction of sp³-hybridized carbons (Fsp3) is 0.579. The number of carbonyl (C=O) groups is 2. The van der Waals surface area contributed by atoms with Gasteiger partial charge in [-0.2, -0.15) is 13.2 Å². The van der Waals surface area contributed by atoms with E-state index in [0.29, 0.717) is 24.7 Å². The van der Waals surface area contributed by atoms with Crippen LogP contribution in [-0.4, -0.2) is 78.4 Å². The summed E-state index contributed by atoms with van der Waals surface area (Å²) in [5, 5.41) is 7.12. The minimum Gasteiger partial charge on any atom is -0.475 e. The van der Waals surface area contributed by atoms with E-state index in [-0.39, 0.29) is 17.3 Å². The van der Waals surface area contributed by atoms with Gasteiger partial charge in [-0.15, -0.1) is 0 Å². The van der Waals surface area contributed by atoms with Crippen LogP contribution >= 0.6 is 0 Å². The van der Waals surface area contributed by atoms with Crippen molar-refractivity contribution in [2.45, 2.75) is 37.1 Å². The first-order chi connectivity index (χ1) is 13.4. The van der Waals surface area contributed by atoms with Crippen molar-refractivity contribution >= 4 is 11.9 Å². The Bertz CT molecular complexity index is 714. The number of carboxylic acid groups (broad SMARTS) is 1. The molecule has 1 atom stereocenters. The van der Waals surface area contributed by atoms with Gasteiger partial charge in [0.05, 0.1) is 12.2 Å². The fourth-order valence-electron chi connectivity index (χ4n) is 3.39. The molecule has 29 heavy (non-hydrogen) atoms. The highest BCUT2D eigenvalue weighted by atomic mass is 19.4. The number of aliphatic carboxylic acids is 1. The van der Waals surface area contributed by atoms with Crippen LogP contribution in [0.25, 0.3) is 0 Å². The third kappa shape index (κ3) is 6.14. The Morgan fingerprint density at radius 3 is 2.10 bits per heavy atom. The number of alkyl halides is 3. The highest BCUT2D eigenvalue weighted by Gasteiger charge is 2.44. The number of halogens is 4. The van der Waals surface area contributed by atoms with Gasteiger partial charge in [0.25, 0.3) is 5.91 Å². The molecular formula is C19H24F4N2O4. The summed E-state index contributed by atoms with van der Waals surface area (Å²) in [7, 11) is 4.17. The maximum atomic E-state index is 12.9. The normalized spacial score (nSPS) is 21.1. The molecule has 6 nitrogen and oxygen atoms in total. The molecule has 1 aromatic carbocycles. The predicted octanol–water partition coefficient (Wildman–Crippen LogP) is 2.78. The maximum Gasteiger partial charge on any atom is 0.490 e. The molecule has 0 aromatic heterocycles. The third-order valence-corrected chi connectivity index (χ3v) is 5.22. The van der Waals surface area contributed by atoms with Crippen molar-refractivity contribution in [3.8, 4) is 0 Å². The second-order valence-corrected chi connectivity index (χ2v) is 7.42. The van der Waals surface area contributed by atoms with Crippen LogP contribution in [0.15, 0.2) is 24.3 Å². The molecule has 2 heterocycles. The number of hydrogen-bond donors (Lipinski definition) is 1. The summed E-state index contributed by atoms with van der Waals surface area (Å²) in [5.41, 5.74) is 0.491. The number of ether oxygens (including phenoxy) is 1. The molecular weight excluding hydrogens is 396 g/mol. The first-order valence-electron chi connectivity index (χ1n) is 9.09. The lowest BCUT2D eigenvalue weighted by molar-refractivity contribution is -0.192. The van der Waals surface area contributed by atoms with Crippen molar-refractivity contribution in [2.75, 3.05) is 33.8 Å². The van der Waals surface area contributed by atoms with E-state index in [9.17, 15) is 22.4 Å². The maximum absolute atomic E-state index is 12.9. The molecule has 0 saturated carbocycles. The Balaban J connectivity index is 0.000000370. The first kappa shape index (κ1) is 23.1. The largest absolute Gasteiger partial charge is 0.490 e. The van der Waals surface area contributed by atoms with Gasteiger partial charge in [-0.05, 0) is 57.6 Å². The zero-order valence-corrected chi connectivity index (χ0v) is 16.2. The quantitative estimate of drug-likeness (QED) is 0.746. The van der Waals surface area contributed by atoms with E-state index in [2.05, 4.69) is 19.0 Å². The molecule has 1 amide bonds. The zero-order valence-electron chi connectivity index (χ0n) is 16.2. The molecule has 1 unspecified atom stereocenters. The molecule has 0 aliphatic carbocycles. The van der Waals surface area contributed by atoms with Gasteiger partial charge in [-0.1, -0.05) is 0 Å². The fourth-order valence-corrected chi connectivity index (χ4v) is 3.39. The van der Waals surface area contributed by atoms with Crippen molar-refractivity contribution in [1.82, 2.24) is 9.80 Å². The van der Waals surface area contributed by atoms with Crippen LogP contribution in [0.3, 0.4) is 0 Å². The molecule has 162 valence electrons. The van der Waals surface area contributed by atoms with E-state index in [1.54, 1.807) is 12.1 Å². The van der Waals surface area contributed by atoms with Crippen molar-refractivity contribution < 1.29 is 37.0 Å². The lowest BCUT2D eigenvalue weighted by Gasteiger charge is -2.39. The van der Waals surface area contributed by atoms with Gasteiger partial charge in [0.2, 0.25) is 0 Å². The molecule has 2 fully saturated rings. The Hall–Kier alpha value is -2.20. The number of carboxylic acids is 1. The SMILES string of the molecule is CN(C)C1COC2(CCN(C(=O)c3ccc(F)cc3)CC2)C1.O=C(O)C(F)(F)F. The first-order valence-corrected chi connectivity index (χ1v) is 9.09. The molecule has 10 heteroatoms. The molecule has 2 aliphatic heterocycles. The van der Waals surface area contributed by atoms with Gasteiger partial charge >= 0.3 is 12.1 Å². The average Bonchev–Trinajstić information content (AvgIpc) is 3.06. The molecule has 0 bridgehead atoms. The topological polar surface area (TPSA) is 70.1 Å². The van der Waals surface area contributed by atoms with Gasteiger partial charge in [0, 0.05) is 24.7 Å². The summed E-state index contributed by atoms with van der Waals surface area (Å²) < 4.78 is 50.8. The lowest BCUT2D eigenvalue weighted by atomic mass is 9.87. The lowest BCUT2D eigenvalue weighted by Crippen LogP contribution is -2.46. The number of hydrogen-bond acceptors (Lipinski definition) is 4. The van der Waals surface area contributed by atoms with Gasteiger partial charge in [0.1, 0.15) is 5.82 Å². The van der Waals surface area contributed by atoms with Gasteiger partial charge < -0.3 is 19.6 Å². The summed E-state index contributed by atoms with van der Waals surface area (Å²) in [4.78, 5) is 25.4. The Kier molecular flexibility index (Phi) is 7.23. The van der Waals surface area contributed by atoms with Crippen LogP contribution in [0.1, 0.15) is 29.6 Å². The van der Waals surface area contributed by atoms with Crippen LogP contribution < -0.4 is 0 Å². The number of carbonyl (C=O) groups excluding carboxylic acids is 1. The highest BCUT2D eigenvalue weighted by molar-refractivity contribution is 5.94. The van der Waals surface area contributed by atoms with Crippen LogP contribution in [0.4, 0.5) is 17.6 Å². The van der Waals surface area contributed by atoms with Crippen LogP contribution in [-0.2, 0) is 9.53 Å². The summed E-state index contributed by atoms with van der Waals surface area (Å²) in [6.45, 7) is 2.19. The van der Waals surface area contributed by atoms with Gasteiger partial charge in [-0.25, -0.2) is 9.18 Å². The van der Waals surface area contributed by atoms with Crippen molar-refractivity contribution in [1.29, 1.82) is 0 Å². The third-order valence-electron chi connectivity index (χ3n) is 5.22.